The highest BCUT2D eigenvalue weighted by molar-refractivity contribution is 9.10. The van der Waals surface area contributed by atoms with E-state index >= 15 is 0 Å². The van der Waals surface area contributed by atoms with E-state index in [1.54, 1.807) is 18.3 Å². The van der Waals surface area contributed by atoms with Gasteiger partial charge in [-0.05, 0) is 52.3 Å². The Morgan fingerprint density at radius 3 is 2.87 bits per heavy atom. The van der Waals surface area contributed by atoms with Gasteiger partial charge in [0.25, 0.3) is 5.91 Å². The molecule has 1 N–H and O–H groups in total. The lowest BCUT2D eigenvalue weighted by molar-refractivity contribution is -0.123. The normalized spacial score (nSPS) is 11.2. The largest absolute Gasteiger partial charge is 0.481 e. The third-order valence-electron chi connectivity index (χ3n) is 4.03. The Morgan fingerprint density at radius 2 is 2.03 bits per heavy atom. The molecule has 4 rings (SSSR count). The van der Waals surface area contributed by atoms with Crippen LogP contribution in [0.1, 0.15) is 5.76 Å². The second-order valence-corrected chi connectivity index (χ2v) is 8.59. The average Bonchev–Trinajstić information content (AvgIpc) is 3.12. The maximum Gasteiger partial charge on any atom is 0.277 e. The smallest absolute Gasteiger partial charge is 0.277 e. The fourth-order valence-corrected chi connectivity index (χ4v) is 4.10. The van der Waals surface area contributed by atoms with Crippen LogP contribution < -0.4 is 10.2 Å². The van der Waals surface area contributed by atoms with Gasteiger partial charge in [-0.1, -0.05) is 41.6 Å². The molecule has 0 fully saturated rings. The number of nitrogens with one attached hydrogen (secondary N) is 1. The molecule has 0 atom stereocenters. The van der Waals surface area contributed by atoms with Crippen molar-refractivity contribution in [2.24, 2.45) is 5.10 Å². The summed E-state index contributed by atoms with van der Waals surface area (Å²) in [5, 5.41) is 6.21. The van der Waals surface area contributed by atoms with E-state index in [1.165, 1.54) is 18.0 Å². The van der Waals surface area contributed by atoms with Crippen molar-refractivity contribution in [2.45, 2.75) is 9.99 Å². The van der Waals surface area contributed by atoms with Gasteiger partial charge in [0.05, 0.1) is 10.7 Å². The van der Waals surface area contributed by atoms with Gasteiger partial charge < -0.3 is 9.15 Å². The Morgan fingerprint density at radius 1 is 1.23 bits per heavy atom. The number of rotatable bonds is 7. The molecule has 4 aromatic rings. The summed E-state index contributed by atoms with van der Waals surface area (Å²) < 4.78 is 12.1. The number of nitrogens with zero attached hydrogens (tertiary/aromatic N) is 2. The summed E-state index contributed by atoms with van der Waals surface area (Å²) >= 11 is 10.8. The Labute approximate surface area is 195 Å². The van der Waals surface area contributed by atoms with Crippen LogP contribution >= 0.6 is 39.3 Å². The van der Waals surface area contributed by atoms with Crippen molar-refractivity contribution in [1.82, 2.24) is 10.4 Å². The molecule has 1 amide bonds. The first-order valence-corrected chi connectivity index (χ1v) is 11.1. The summed E-state index contributed by atoms with van der Waals surface area (Å²) in [5.41, 5.74) is 3.12. The van der Waals surface area contributed by atoms with Crippen LogP contribution in [0.15, 0.2) is 90.8 Å². The molecule has 0 aliphatic rings. The summed E-state index contributed by atoms with van der Waals surface area (Å²) in [6, 6.07) is 18.5. The fourth-order valence-electron chi connectivity index (χ4n) is 2.65. The van der Waals surface area contributed by atoms with Crippen LogP contribution in [0, 0.1) is 0 Å². The highest BCUT2D eigenvalue weighted by Gasteiger charge is 2.10. The number of amides is 1. The van der Waals surface area contributed by atoms with E-state index in [0.29, 0.717) is 27.1 Å². The lowest BCUT2D eigenvalue weighted by Crippen LogP contribution is -2.24. The monoisotopic (exact) mass is 515 g/mol. The van der Waals surface area contributed by atoms with E-state index < -0.39 is 5.91 Å². The molecule has 0 bridgehead atoms. The van der Waals surface area contributed by atoms with Gasteiger partial charge in [0, 0.05) is 27.6 Å². The number of ether oxygens (including phenoxy) is 1. The van der Waals surface area contributed by atoms with Gasteiger partial charge in [-0.15, -0.1) is 0 Å². The molecular weight excluding hydrogens is 502 g/mol. The molecule has 0 spiro atoms. The second-order valence-electron chi connectivity index (χ2n) is 6.25. The fraction of sp³-hybridized carbons (Fsp3) is 0.0455. The zero-order valence-corrected chi connectivity index (χ0v) is 19.1. The SMILES string of the molecule is O=C(COc1cccc2cccnc12)N/N=C\c1cc(Br)c(Sc2ccc(Cl)cc2)o1. The molecule has 0 aliphatic heterocycles. The molecule has 0 saturated carbocycles. The van der Waals surface area contributed by atoms with Gasteiger partial charge in [0.1, 0.15) is 17.0 Å². The first-order chi connectivity index (χ1) is 15.1. The zero-order valence-electron chi connectivity index (χ0n) is 15.9. The number of benzene rings is 2. The highest BCUT2D eigenvalue weighted by Crippen LogP contribution is 2.35. The van der Waals surface area contributed by atoms with Crippen LogP contribution in [-0.4, -0.2) is 23.7 Å². The molecular formula is C22H15BrClN3O3S. The van der Waals surface area contributed by atoms with Gasteiger partial charge in [-0.3, -0.25) is 9.78 Å². The first-order valence-electron chi connectivity index (χ1n) is 9.10. The highest BCUT2D eigenvalue weighted by atomic mass is 79.9. The number of furan rings is 1. The van der Waals surface area contributed by atoms with Crippen molar-refractivity contribution < 1.29 is 13.9 Å². The lowest BCUT2D eigenvalue weighted by atomic mass is 10.2. The van der Waals surface area contributed by atoms with Crippen molar-refractivity contribution in [2.75, 3.05) is 6.61 Å². The molecule has 2 heterocycles. The zero-order chi connectivity index (χ0) is 21.6. The molecule has 0 radical (unpaired) electrons. The van der Waals surface area contributed by atoms with Crippen LogP contribution in [0.5, 0.6) is 5.75 Å². The molecule has 156 valence electrons. The van der Waals surface area contributed by atoms with Crippen molar-refractivity contribution in [1.29, 1.82) is 0 Å². The minimum Gasteiger partial charge on any atom is -0.481 e. The summed E-state index contributed by atoms with van der Waals surface area (Å²) in [6.07, 6.45) is 3.11. The van der Waals surface area contributed by atoms with Crippen LogP contribution in [0.2, 0.25) is 5.02 Å². The minimum absolute atomic E-state index is 0.188. The van der Waals surface area contributed by atoms with E-state index in [9.17, 15) is 4.79 Å². The van der Waals surface area contributed by atoms with E-state index in [4.69, 9.17) is 20.8 Å². The number of para-hydroxylation sites is 1. The number of hydrogen-bond donors (Lipinski definition) is 1. The third kappa shape index (κ3) is 5.66. The number of carbonyl (C=O) groups is 1. The van der Waals surface area contributed by atoms with E-state index in [0.717, 1.165) is 14.8 Å². The van der Waals surface area contributed by atoms with Gasteiger partial charge in [-0.25, -0.2) is 5.43 Å². The molecule has 0 unspecified atom stereocenters. The lowest BCUT2D eigenvalue weighted by Gasteiger charge is -2.07. The Balaban J connectivity index is 1.32. The molecule has 2 aromatic heterocycles. The minimum atomic E-state index is -0.398. The molecule has 0 aliphatic carbocycles. The predicted octanol–water partition coefficient (Wildman–Crippen LogP) is 5.92. The van der Waals surface area contributed by atoms with E-state index in [1.807, 2.05) is 48.5 Å². The summed E-state index contributed by atoms with van der Waals surface area (Å²) in [4.78, 5) is 17.3. The number of hydrogen-bond acceptors (Lipinski definition) is 6. The summed E-state index contributed by atoms with van der Waals surface area (Å²) in [5.74, 6) is 0.629. The molecule has 31 heavy (non-hydrogen) atoms. The van der Waals surface area contributed by atoms with Gasteiger partial charge >= 0.3 is 0 Å². The van der Waals surface area contributed by atoms with Crippen LogP contribution in [-0.2, 0) is 4.79 Å². The van der Waals surface area contributed by atoms with Gasteiger partial charge in [0.15, 0.2) is 11.7 Å². The molecule has 0 saturated heterocycles. The number of carbonyl (C=O) groups excluding carboxylic acids is 1. The number of fused-ring (bicyclic) bond motifs is 1. The Kier molecular flexibility index (Phi) is 6.91. The molecule has 9 heteroatoms. The van der Waals surface area contributed by atoms with E-state index in [-0.39, 0.29) is 6.61 Å². The molecule has 6 nitrogen and oxygen atoms in total. The van der Waals surface area contributed by atoms with Gasteiger partial charge in [0.2, 0.25) is 0 Å². The van der Waals surface area contributed by atoms with Crippen LogP contribution in [0.3, 0.4) is 0 Å². The Bertz CT molecular complexity index is 1240. The maximum atomic E-state index is 12.1. The topological polar surface area (TPSA) is 76.7 Å². The maximum absolute atomic E-state index is 12.1. The summed E-state index contributed by atoms with van der Waals surface area (Å²) in [7, 11) is 0. The summed E-state index contributed by atoms with van der Waals surface area (Å²) in [6.45, 7) is -0.188. The van der Waals surface area contributed by atoms with E-state index in [2.05, 4.69) is 31.4 Å². The van der Waals surface area contributed by atoms with Crippen molar-refractivity contribution in [3.8, 4) is 5.75 Å². The second kappa shape index (κ2) is 10.00. The number of halogens is 2. The number of hydrazone groups is 1. The quantitative estimate of drug-likeness (QED) is 0.244. The van der Waals surface area contributed by atoms with Crippen molar-refractivity contribution >= 4 is 62.3 Å². The van der Waals surface area contributed by atoms with Crippen LogP contribution in [0.25, 0.3) is 10.9 Å². The number of pyridine rings is 1. The van der Waals surface area contributed by atoms with Crippen molar-refractivity contribution in [3.05, 3.63) is 82.1 Å². The predicted molar refractivity (Wildman–Crippen MR) is 125 cm³/mol. The first kappa shape index (κ1) is 21.4. The number of aromatic nitrogens is 1. The standard InChI is InChI=1S/C22H15BrClN3O3S/c23-18-11-16(30-22(18)31-17-8-6-15(24)7-9-17)12-26-27-20(28)13-29-19-5-1-3-14-4-2-10-25-21(14)19/h1-12H,13H2,(H,27,28)/b26-12-. The third-order valence-corrected chi connectivity index (χ3v) is 6.13. The van der Waals surface area contributed by atoms with Crippen molar-refractivity contribution in [3.63, 3.8) is 0 Å². The molecule has 2 aromatic carbocycles. The van der Waals surface area contributed by atoms with Gasteiger partial charge in [-0.2, -0.15) is 5.10 Å². The van der Waals surface area contributed by atoms with Crippen LogP contribution in [0.4, 0.5) is 0 Å². The Hall–Kier alpha value is -2.81. The average molecular weight is 517 g/mol.